The van der Waals surface area contributed by atoms with Gasteiger partial charge >= 0.3 is 0 Å². The van der Waals surface area contributed by atoms with Crippen molar-refractivity contribution in [2.45, 2.75) is 64.7 Å². The number of nitrogens with one attached hydrogen (secondary N) is 1. The molecule has 1 fully saturated rings. The second-order valence-corrected chi connectivity index (χ2v) is 6.12. The SMILES string of the molecule is CC/C=C(\N)NC(=O)c1ncn(C2CCC(CCCCO)O2)c1C. The Balaban J connectivity index is 1.97. The maximum atomic E-state index is 12.2. The molecule has 134 valence electrons. The van der Waals surface area contributed by atoms with Gasteiger partial charge in [-0.1, -0.05) is 6.92 Å². The van der Waals surface area contributed by atoms with Crippen molar-refractivity contribution in [3.05, 3.63) is 29.6 Å². The molecule has 0 spiro atoms. The minimum Gasteiger partial charge on any atom is -0.396 e. The maximum Gasteiger partial charge on any atom is 0.277 e. The van der Waals surface area contributed by atoms with Crippen molar-refractivity contribution in [1.82, 2.24) is 14.9 Å². The van der Waals surface area contributed by atoms with Gasteiger partial charge in [-0.25, -0.2) is 4.98 Å². The van der Waals surface area contributed by atoms with Crippen LogP contribution in [-0.2, 0) is 4.74 Å². The normalized spacial score (nSPS) is 21.2. The van der Waals surface area contributed by atoms with Gasteiger partial charge in [0, 0.05) is 12.3 Å². The van der Waals surface area contributed by atoms with E-state index in [1.165, 1.54) is 0 Å². The number of allylic oxidation sites excluding steroid dienone is 1. The average molecular weight is 336 g/mol. The van der Waals surface area contributed by atoms with Crippen LogP contribution < -0.4 is 11.1 Å². The van der Waals surface area contributed by atoms with E-state index in [0.717, 1.165) is 44.2 Å². The van der Waals surface area contributed by atoms with E-state index in [1.54, 1.807) is 12.4 Å². The zero-order chi connectivity index (χ0) is 17.5. The van der Waals surface area contributed by atoms with Crippen LogP contribution in [0.3, 0.4) is 0 Å². The molecule has 1 amide bonds. The van der Waals surface area contributed by atoms with E-state index in [-0.39, 0.29) is 24.8 Å². The number of nitrogens with zero attached hydrogens (tertiary/aromatic N) is 2. The number of aliphatic hydroxyl groups excluding tert-OH is 1. The summed E-state index contributed by atoms with van der Waals surface area (Å²) >= 11 is 0. The third kappa shape index (κ3) is 4.58. The van der Waals surface area contributed by atoms with E-state index in [4.69, 9.17) is 15.6 Å². The van der Waals surface area contributed by atoms with Crippen molar-refractivity contribution in [2.24, 2.45) is 5.73 Å². The van der Waals surface area contributed by atoms with E-state index < -0.39 is 0 Å². The summed E-state index contributed by atoms with van der Waals surface area (Å²) in [7, 11) is 0. The van der Waals surface area contributed by atoms with Crippen LogP contribution in [0.15, 0.2) is 18.2 Å². The lowest BCUT2D eigenvalue weighted by Gasteiger charge is -2.16. The Morgan fingerprint density at radius 1 is 1.54 bits per heavy atom. The number of nitrogens with two attached hydrogens (primary N) is 1. The number of carbonyl (C=O) groups excluding carboxylic acids is 1. The van der Waals surface area contributed by atoms with Crippen LogP contribution in [0, 0.1) is 6.92 Å². The van der Waals surface area contributed by atoms with Crippen LogP contribution in [0.1, 0.15) is 67.9 Å². The number of amides is 1. The van der Waals surface area contributed by atoms with E-state index in [1.807, 2.05) is 18.4 Å². The van der Waals surface area contributed by atoms with Crippen LogP contribution in [0.5, 0.6) is 0 Å². The lowest BCUT2D eigenvalue weighted by Crippen LogP contribution is -2.28. The standard InChI is InChI=1S/C17H28N4O3/c1-3-6-14(18)20-17(23)16-12(2)21(11-19-16)15-9-8-13(24-15)7-4-5-10-22/h6,11,13,15,22H,3-5,7-10,18H2,1-2H3,(H,20,23)/b14-6+. The van der Waals surface area contributed by atoms with Crippen LogP contribution in [0.4, 0.5) is 0 Å². The molecule has 1 saturated heterocycles. The van der Waals surface area contributed by atoms with Gasteiger partial charge in [0.2, 0.25) is 0 Å². The number of aliphatic hydroxyl groups is 1. The van der Waals surface area contributed by atoms with Gasteiger partial charge in [0.15, 0.2) is 0 Å². The molecule has 1 aromatic rings. The van der Waals surface area contributed by atoms with Gasteiger partial charge in [0.05, 0.1) is 18.3 Å². The van der Waals surface area contributed by atoms with Crippen molar-refractivity contribution in [1.29, 1.82) is 0 Å². The summed E-state index contributed by atoms with van der Waals surface area (Å²) in [6, 6.07) is 0. The highest BCUT2D eigenvalue weighted by molar-refractivity contribution is 5.94. The minimum atomic E-state index is -0.300. The Bertz CT molecular complexity index is 582. The molecule has 24 heavy (non-hydrogen) atoms. The lowest BCUT2D eigenvalue weighted by molar-refractivity contribution is -0.00370. The first-order valence-electron chi connectivity index (χ1n) is 8.63. The fourth-order valence-corrected chi connectivity index (χ4v) is 2.98. The summed E-state index contributed by atoms with van der Waals surface area (Å²) in [6.45, 7) is 4.04. The number of carbonyl (C=O) groups is 1. The highest BCUT2D eigenvalue weighted by Gasteiger charge is 2.28. The van der Waals surface area contributed by atoms with Gasteiger partial charge in [-0.05, 0) is 51.5 Å². The third-order valence-electron chi connectivity index (χ3n) is 4.27. The fraction of sp³-hybridized carbons (Fsp3) is 0.647. The van der Waals surface area contributed by atoms with Crippen LogP contribution >= 0.6 is 0 Å². The maximum absolute atomic E-state index is 12.2. The molecular weight excluding hydrogens is 308 g/mol. The molecule has 0 aliphatic carbocycles. The predicted molar refractivity (Wildman–Crippen MR) is 91.1 cm³/mol. The molecule has 1 aliphatic heterocycles. The summed E-state index contributed by atoms with van der Waals surface area (Å²) in [5.41, 5.74) is 6.88. The molecule has 2 unspecified atom stereocenters. The topological polar surface area (TPSA) is 102 Å². The molecule has 7 nitrogen and oxygen atoms in total. The Morgan fingerprint density at radius 2 is 2.33 bits per heavy atom. The van der Waals surface area contributed by atoms with Gasteiger partial charge in [0.25, 0.3) is 5.91 Å². The number of aromatic nitrogens is 2. The molecule has 0 bridgehead atoms. The zero-order valence-corrected chi connectivity index (χ0v) is 14.5. The first-order valence-corrected chi connectivity index (χ1v) is 8.63. The summed E-state index contributed by atoms with van der Waals surface area (Å²) in [5, 5.41) is 11.5. The Hall–Kier alpha value is -1.86. The molecule has 1 aliphatic rings. The molecule has 0 radical (unpaired) electrons. The third-order valence-corrected chi connectivity index (χ3v) is 4.27. The van der Waals surface area contributed by atoms with Gasteiger partial charge < -0.3 is 25.5 Å². The molecule has 7 heteroatoms. The molecule has 2 rings (SSSR count). The van der Waals surface area contributed by atoms with E-state index in [9.17, 15) is 4.79 Å². The lowest BCUT2D eigenvalue weighted by atomic mass is 10.1. The summed E-state index contributed by atoms with van der Waals surface area (Å²) < 4.78 is 7.98. The summed E-state index contributed by atoms with van der Waals surface area (Å²) in [5.74, 6) is 0.0449. The number of rotatable bonds is 8. The van der Waals surface area contributed by atoms with Crippen molar-refractivity contribution < 1.29 is 14.6 Å². The summed E-state index contributed by atoms with van der Waals surface area (Å²) in [6.07, 6.45) is 8.92. The number of ether oxygens (including phenoxy) is 1. The summed E-state index contributed by atoms with van der Waals surface area (Å²) in [4.78, 5) is 16.5. The van der Waals surface area contributed by atoms with E-state index in [2.05, 4.69) is 10.3 Å². The second-order valence-electron chi connectivity index (χ2n) is 6.12. The van der Waals surface area contributed by atoms with Gasteiger partial charge in [-0.15, -0.1) is 0 Å². The van der Waals surface area contributed by atoms with Crippen LogP contribution in [0.25, 0.3) is 0 Å². The quantitative estimate of drug-likeness (QED) is 0.630. The molecule has 0 aromatic carbocycles. The largest absolute Gasteiger partial charge is 0.396 e. The molecule has 2 atom stereocenters. The number of unbranched alkanes of at least 4 members (excludes halogenated alkanes) is 1. The van der Waals surface area contributed by atoms with Crippen LogP contribution in [0.2, 0.25) is 0 Å². The van der Waals surface area contributed by atoms with E-state index in [0.29, 0.717) is 11.5 Å². The molecule has 0 saturated carbocycles. The minimum absolute atomic E-state index is 0.0818. The molecular formula is C17H28N4O3. The number of hydrogen-bond acceptors (Lipinski definition) is 5. The van der Waals surface area contributed by atoms with E-state index >= 15 is 0 Å². The monoisotopic (exact) mass is 336 g/mol. The van der Waals surface area contributed by atoms with Crippen molar-refractivity contribution in [3.8, 4) is 0 Å². The first kappa shape index (κ1) is 18.5. The molecule has 1 aromatic heterocycles. The van der Waals surface area contributed by atoms with Gasteiger partial charge in [-0.3, -0.25) is 4.79 Å². The second kappa shape index (κ2) is 8.84. The molecule has 2 heterocycles. The Morgan fingerprint density at radius 3 is 3.04 bits per heavy atom. The highest BCUT2D eigenvalue weighted by atomic mass is 16.5. The van der Waals surface area contributed by atoms with Crippen LogP contribution in [-0.4, -0.2) is 33.3 Å². The van der Waals surface area contributed by atoms with Gasteiger partial charge in [0.1, 0.15) is 11.9 Å². The average Bonchev–Trinajstić information content (AvgIpc) is 3.14. The first-order chi connectivity index (χ1) is 11.6. The predicted octanol–water partition coefficient (Wildman–Crippen LogP) is 1.97. The zero-order valence-electron chi connectivity index (χ0n) is 14.5. The van der Waals surface area contributed by atoms with Gasteiger partial charge in [-0.2, -0.15) is 0 Å². The van der Waals surface area contributed by atoms with Crippen molar-refractivity contribution in [3.63, 3.8) is 0 Å². The highest BCUT2D eigenvalue weighted by Crippen LogP contribution is 2.32. The molecule has 4 N–H and O–H groups in total. The van der Waals surface area contributed by atoms with Crippen molar-refractivity contribution in [2.75, 3.05) is 6.61 Å². The smallest absolute Gasteiger partial charge is 0.277 e. The Labute approximate surface area is 142 Å². The number of imidazole rings is 1. The fourth-order valence-electron chi connectivity index (χ4n) is 2.98. The number of hydrogen-bond donors (Lipinski definition) is 3. The van der Waals surface area contributed by atoms with Crippen molar-refractivity contribution >= 4 is 5.91 Å². The Kier molecular flexibility index (Phi) is 6.81.